The van der Waals surface area contributed by atoms with E-state index >= 15 is 0 Å². The molecule has 3 rings (SSSR count). The minimum absolute atomic E-state index is 0.0355. The number of rotatable bonds is 2. The molecule has 0 N–H and O–H groups in total. The lowest BCUT2D eigenvalue weighted by atomic mass is 10.0. The number of halogens is 2. The third-order valence-corrected chi connectivity index (χ3v) is 3.80. The lowest BCUT2D eigenvalue weighted by molar-refractivity contribution is 0.0544. The fraction of sp³-hybridized carbons (Fsp3) is 0.200. The predicted molar refractivity (Wildman–Crippen MR) is 94.3 cm³/mol. The van der Waals surface area contributed by atoms with Gasteiger partial charge in [0.15, 0.2) is 6.29 Å². The molecule has 0 atom stereocenters. The first kappa shape index (κ1) is 17.8. The Balaban J connectivity index is 2.31. The minimum atomic E-state index is -0.736. The van der Waals surface area contributed by atoms with Gasteiger partial charge in [0.2, 0.25) is 0 Å². The molecule has 0 amide bonds. The number of aldehydes is 1. The molecule has 134 valence electrons. The fourth-order valence-electron chi connectivity index (χ4n) is 2.78. The second-order valence-corrected chi connectivity index (χ2v) is 6.88. The molecule has 0 spiro atoms. The molecule has 0 radical (unpaired) electrons. The predicted octanol–water partition coefficient (Wildman–Crippen LogP) is 5.18. The maximum atomic E-state index is 14.3. The van der Waals surface area contributed by atoms with Gasteiger partial charge in [-0.25, -0.2) is 13.6 Å². The van der Waals surface area contributed by atoms with Gasteiger partial charge < -0.3 is 4.74 Å². The zero-order valence-corrected chi connectivity index (χ0v) is 14.5. The van der Waals surface area contributed by atoms with Crippen LogP contribution < -0.4 is 0 Å². The Morgan fingerprint density at radius 2 is 1.85 bits per heavy atom. The van der Waals surface area contributed by atoms with Crippen molar-refractivity contribution in [3.05, 3.63) is 59.8 Å². The fourth-order valence-corrected chi connectivity index (χ4v) is 2.78. The first-order valence-electron chi connectivity index (χ1n) is 7.99. The Kier molecular flexibility index (Phi) is 4.36. The largest absolute Gasteiger partial charge is 0.443 e. The van der Waals surface area contributed by atoms with E-state index in [-0.39, 0.29) is 16.7 Å². The van der Waals surface area contributed by atoms with Crippen molar-refractivity contribution in [1.29, 1.82) is 0 Å². The summed E-state index contributed by atoms with van der Waals surface area (Å²) in [5.41, 5.74) is 0.114. The van der Waals surface area contributed by atoms with E-state index in [1.165, 1.54) is 10.8 Å². The summed E-state index contributed by atoms with van der Waals surface area (Å²) < 4.78 is 34.6. The summed E-state index contributed by atoms with van der Waals surface area (Å²) in [6.45, 7) is 5.17. The summed E-state index contributed by atoms with van der Waals surface area (Å²) in [5, 5.41) is 0.359. The number of carbonyl (C=O) groups excluding carboxylic acids is 2. The van der Waals surface area contributed by atoms with E-state index in [2.05, 4.69) is 0 Å². The van der Waals surface area contributed by atoms with E-state index < -0.39 is 23.3 Å². The van der Waals surface area contributed by atoms with Gasteiger partial charge >= 0.3 is 6.09 Å². The van der Waals surface area contributed by atoms with Gasteiger partial charge in [-0.3, -0.25) is 9.36 Å². The topological polar surface area (TPSA) is 48.3 Å². The molecule has 4 nitrogen and oxygen atoms in total. The Bertz CT molecular complexity index is 1020. The van der Waals surface area contributed by atoms with Crippen LogP contribution in [0.4, 0.5) is 13.6 Å². The monoisotopic (exact) mass is 357 g/mol. The van der Waals surface area contributed by atoms with Crippen molar-refractivity contribution >= 4 is 23.3 Å². The number of aromatic nitrogens is 1. The van der Waals surface area contributed by atoms with Crippen LogP contribution in [0.25, 0.3) is 22.0 Å². The first-order chi connectivity index (χ1) is 12.2. The molecule has 0 saturated carbocycles. The third-order valence-electron chi connectivity index (χ3n) is 3.80. The summed E-state index contributed by atoms with van der Waals surface area (Å²) in [5.74, 6) is -1.28. The van der Waals surface area contributed by atoms with Gasteiger partial charge in [0, 0.05) is 28.3 Å². The smallest absolute Gasteiger partial charge is 0.419 e. The van der Waals surface area contributed by atoms with Crippen LogP contribution in [0.15, 0.2) is 42.6 Å². The van der Waals surface area contributed by atoms with Gasteiger partial charge in [-0.15, -0.1) is 0 Å². The maximum absolute atomic E-state index is 14.3. The zero-order chi connectivity index (χ0) is 19.1. The van der Waals surface area contributed by atoms with E-state index in [0.29, 0.717) is 17.2 Å². The molecular formula is C20H17F2NO3. The number of fused-ring (bicyclic) bond motifs is 1. The van der Waals surface area contributed by atoms with E-state index in [0.717, 1.165) is 18.2 Å². The van der Waals surface area contributed by atoms with Gasteiger partial charge in [0.05, 0.1) is 5.52 Å². The van der Waals surface area contributed by atoms with Crippen LogP contribution in [-0.2, 0) is 4.74 Å². The van der Waals surface area contributed by atoms with Gasteiger partial charge in [0.1, 0.15) is 17.2 Å². The summed E-state index contributed by atoms with van der Waals surface area (Å²) in [6, 6.07) is 7.82. The molecule has 0 aliphatic carbocycles. The summed E-state index contributed by atoms with van der Waals surface area (Å²) in [6.07, 6.45) is 1.31. The van der Waals surface area contributed by atoms with Crippen molar-refractivity contribution < 1.29 is 23.1 Å². The van der Waals surface area contributed by atoms with Gasteiger partial charge in [0.25, 0.3) is 0 Å². The molecule has 0 bridgehead atoms. The van der Waals surface area contributed by atoms with Crippen LogP contribution in [0.1, 0.15) is 31.1 Å². The van der Waals surface area contributed by atoms with Crippen LogP contribution in [0.2, 0.25) is 0 Å². The van der Waals surface area contributed by atoms with Gasteiger partial charge in [-0.05, 0) is 45.0 Å². The van der Waals surface area contributed by atoms with Crippen LogP contribution in [0.3, 0.4) is 0 Å². The Morgan fingerprint density at radius 3 is 2.50 bits per heavy atom. The molecule has 0 aliphatic rings. The average molecular weight is 357 g/mol. The van der Waals surface area contributed by atoms with Crippen LogP contribution in [0, 0.1) is 11.6 Å². The zero-order valence-electron chi connectivity index (χ0n) is 14.5. The quantitative estimate of drug-likeness (QED) is 0.594. The van der Waals surface area contributed by atoms with E-state index in [1.807, 2.05) is 0 Å². The molecular weight excluding hydrogens is 340 g/mol. The number of nitrogens with zero attached hydrogens (tertiary/aromatic N) is 1. The molecule has 0 unspecified atom stereocenters. The lowest BCUT2D eigenvalue weighted by Gasteiger charge is -2.19. The highest BCUT2D eigenvalue weighted by Gasteiger charge is 2.23. The molecule has 26 heavy (non-hydrogen) atoms. The SMILES string of the molecule is CC(C)(C)OC(=O)n1cc(-c2cc(F)ccc2F)c2c(C=O)cccc21. The van der Waals surface area contributed by atoms with Crippen LogP contribution >= 0.6 is 0 Å². The van der Waals surface area contributed by atoms with Crippen molar-refractivity contribution in [3.63, 3.8) is 0 Å². The first-order valence-corrected chi connectivity index (χ1v) is 7.99. The highest BCUT2D eigenvalue weighted by atomic mass is 19.1. The molecule has 0 saturated heterocycles. The Morgan fingerprint density at radius 1 is 1.12 bits per heavy atom. The standard InChI is InChI=1S/C20H17F2NO3/c1-20(2,3)26-19(25)23-10-15(14-9-13(21)7-8-16(14)22)18-12(11-24)5-4-6-17(18)23/h4-11H,1-3H3. The Labute approximate surface area is 149 Å². The molecule has 6 heteroatoms. The molecule has 1 heterocycles. The van der Waals surface area contributed by atoms with Gasteiger partial charge in [-0.2, -0.15) is 0 Å². The number of benzene rings is 2. The number of ether oxygens (including phenoxy) is 1. The van der Waals surface area contributed by atoms with Crippen LogP contribution in [-0.4, -0.2) is 22.5 Å². The normalized spacial score (nSPS) is 11.6. The number of hydrogen-bond acceptors (Lipinski definition) is 3. The van der Waals surface area contributed by atoms with E-state index in [4.69, 9.17) is 4.74 Å². The van der Waals surface area contributed by atoms with Crippen molar-refractivity contribution in [2.75, 3.05) is 0 Å². The second-order valence-electron chi connectivity index (χ2n) is 6.88. The molecule has 1 aromatic heterocycles. The van der Waals surface area contributed by atoms with E-state index in [9.17, 15) is 18.4 Å². The van der Waals surface area contributed by atoms with Crippen LogP contribution in [0.5, 0.6) is 0 Å². The summed E-state index contributed by atoms with van der Waals surface area (Å²) in [4.78, 5) is 24.0. The summed E-state index contributed by atoms with van der Waals surface area (Å²) >= 11 is 0. The number of carbonyl (C=O) groups is 2. The van der Waals surface area contributed by atoms with Gasteiger partial charge in [-0.1, -0.05) is 12.1 Å². The third kappa shape index (κ3) is 3.22. The molecule has 0 fully saturated rings. The molecule has 2 aromatic carbocycles. The highest BCUT2D eigenvalue weighted by Crippen LogP contribution is 2.35. The van der Waals surface area contributed by atoms with E-state index in [1.54, 1.807) is 39.0 Å². The van der Waals surface area contributed by atoms with Crippen molar-refractivity contribution in [1.82, 2.24) is 4.57 Å². The van der Waals surface area contributed by atoms with Crippen molar-refractivity contribution in [2.24, 2.45) is 0 Å². The van der Waals surface area contributed by atoms with Crippen molar-refractivity contribution in [2.45, 2.75) is 26.4 Å². The summed E-state index contributed by atoms with van der Waals surface area (Å²) in [7, 11) is 0. The maximum Gasteiger partial charge on any atom is 0.419 e. The van der Waals surface area contributed by atoms with Crippen molar-refractivity contribution in [3.8, 4) is 11.1 Å². The molecule has 0 aliphatic heterocycles. The number of hydrogen-bond donors (Lipinski definition) is 0. The molecule has 3 aromatic rings. The lowest BCUT2D eigenvalue weighted by Crippen LogP contribution is -2.26. The minimum Gasteiger partial charge on any atom is -0.443 e. The second kappa shape index (κ2) is 6.37. The Hall–Kier alpha value is -3.02. The highest BCUT2D eigenvalue weighted by molar-refractivity contribution is 6.08. The average Bonchev–Trinajstić information content (AvgIpc) is 2.95.